The molecule has 0 unspecified atom stereocenters. The second-order valence-corrected chi connectivity index (χ2v) is 8.29. The van der Waals surface area contributed by atoms with E-state index in [-0.39, 0.29) is 28.3 Å². The minimum Gasteiger partial charge on any atom is -0.478 e. The third kappa shape index (κ3) is 2.90. The normalized spacial score (nSPS) is 39.5. The third-order valence-corrected chi connectivity index (χ3v) is 7.08. The molecule has 0 bridgehead atoms. The van der Waals surface area contributed by atoms with Crippen molar-refractivity contribution in [2.45, 2.75) is 52.1 Å². The van der Waals surface area contributed by atoms with E-state index in [1.165, 1.54) is 0 Å². The third-order valence-electron chi connectivity index (χ3n) is 7.08. The Morgan fingerprint density at radius 3 is 2.85 bits per heavy atom. The first-order chi connectivity index (χ1) is 12.2. The molecular weight excluding hydrogens is 336 g/mol. The van der Waals surface area contributed by atoms with Gasteiger partial charge in [-0.25, -0.2) is 9.59 Å². The first-order valence-electron chi connectivity index (χ1n) is 9.19. The number of aliphatic hydroxyl groups is 1. The Morgan fingerprint density at radius 2 is 2.19 bits per heavy atom. The molecule has 0 aromatic heterocycles. The zero-order valence-corrected chi connectivity index (χ0v) is 15.2. The Morgan fingerprint density at radius 1 is 1.46 bits per heavy atom. The molecule has 6 nitrogen and oxygen atoms in total. The zero-order chi connectivity index (χ0) is 19.1. The summed E-state index contributed by atoms with van der Waals surface area (Å²) in [4.78, 5) is 34.3. The minimum absolute atomic E-state index is 0.0536. The number of carbonyl (C=O) groups excluding carboxylic acids is 2. The number of rotatable bonds is 5. The molecule has 1 aliphatic heterocycles. The fourth-order valence-electron chi connectivity index (χ4n) is 5.39. The molecule has 3 rings (SSSR count). The number of ether oxygens (including phenoxy) is 1. The molecule has 2 fully saturated rings. The molecule has 0 amide bonds. The molecule has 1 spiro atoms. The van der Waals surface area contributed by atoms with Crippen molar-refractivity contribution in [3.63, 3.8) is 0 Å². The van der Waals surface area contributed by atoms with Crippen LogP contribution in [0.4, 0.5) is 0 Å². The van der Waals surface area contributed by atoms with Crippen molar-refractivity contribution in [2.24, 2.45) is 22.7 Å². The number of allylic oxidation sites excluding steroid dienone is 1. The number of esters is 1. The summed E-state index contributed by atoms with van der Waals surface area (Å²) in [5.74, 6) is -1.07. The van der Waals surface area contributed by atoms with Crippen LogP contribution < -0.4 is 0 Å². The standard InChI is InChI=1S/C20H26O6/c1-12-3-6-20-11-26-18(25)15(20)8-14(22)9-16(20)19(12,2)5-4-13(10-21)7-17(23)24/h7-8,10,12,14,16,22H,3-6,9,11H2,1-2H3,(H,23,24)/b13-7+/t12-,14+,16-,19+,20-/m1/s1. The number of carbonyl (C=O) groups is 3. The number of carboxylic acids is 1. The van der Waals surface area contributed by atoms with Crippen molar-refractivity contribution >= 4 is 18.2 Å². The van der Waals surface area contributed by atoms with Crippen LogP contribution in [0.3, 0.4) is 0 Å². The van der Waals surface area contributed by atoms with Crippen LogP contribution in [0.25, 0.3) is 0 Å². The zero-order valence-electron chi connectivity index (χ0n) is 15.2. The Bertz CT molecular complexity index is 692. The van der Waals surface area contributed by atoms with Crippen LogP contribution in [0.15, 0.2) is 23.3 Å². The van der Waals surface area contributed by atoms with Gasteiger partial charge in [0.1, 0.15) is 12.9 Å². The summed E-state index contributed by atoms with van der Waals surface area (Å²) in [5.41, 5.74) is 0.274. The van der Waals surface area contributed by atoms with Crippen molar-refractivity contribution in [1.82, 2.24) is 0 Å². The van der Waals surface area contributed by atoms with E-state index in [2.05, 4.69) is 13.8 Å². The number of aliphatic carboxylic acids is 1. The van der Waals surface area contributed by atoms with Gasteiger partial charge in [0.2, 0.25) is 0 Å². The maximum absolute atomic E-state index is 12.2. The van der Waals surface area contributed by atoms with Crippen LogP contribution in [0.5, 0.6) is 0 Å². The number of hydrogen-bond donors (Lipinski definition) is 2. The summed E-state index contributed by atoms with van der Waals surface area (Å²) in [6.07, 6.45) is 5.87. The largest absolute Gasteiger partial charge is 0.478 e. The van der Waals surface area contributed by atoms with E-state index in [4.69, 9.17) is 9.84 Å². The number of aldehydes is 1. The molecule has 6 heteroatoms. The second-order valence-electron chi connectivity index (χ2n) is 8.29. The van der Waals surface area contributed by atoms with Crippen LogP contribution in [0.2, 0.25) is 0 Å². The molecule has 2 N–H and O–H groups in total. The summed E-state index contributed by atoms with van der Waals surface area (Å²) in [6, 6.07) is 0. The van der Waals surface area contributed by atoms with Gasteiger partial charge in [-0.1, -0.05) is 13.8 Å². The van der Waals surface area contributed by atoms with Crippen molar-refractivity contribution in [1.29, 1.82) is 0 Å². The van der Waals surface area contributed by atoms with Gasteiger partial charge in [0.25, 0.3) is 0 Å². The van der Waals surface area contributed by atoms with E-state index in [1.54, 1.807) is 6.08 Å². The highest BCUT2D eigenvalue weighted by atomic mass is 16.5. The lowest BCUT2D eigenvalue weighted by atomic mass is 9.46. The molecule has 5 atom stereocenters. The molecule has 0 aromatic rings. The summed E-state index contributed by atoms with van der Waals surface area (Å²) >= 11 is 0. The molecule has 2 aliphatic carbocycles. The number of hydrogen-bond acceptors (Lipinski definition) is 5. The van der Waals surface area contributed by atoms with Crippen molar-refractivity contribution in [3.05, 3.63) is 23.3 Å². The minimum atomic E-state index is -1.13. The van der Waals surface area contributed by atoms with Gasteiger partial charge < -0.3 is 14.9 Å². The van der Waals surface area contributed by atoms with Crippen LogP contribution in [-0.2, 0) is 19.1 Å². The maximum Gasteiger partial charge on any atom is 0.334 e. The van der Waals surface area contributed by atoms with Crippen LogP contribution >= 0.6 is 0 Å². The van der Waals surface area contributed by atoms with E-state index in [0.29, 0.717) is 43.6 Å². The van der Waals surface area contributed by atoms with Crippen LogP contribution in [0.1, 0.15) is 46.0 Å². The monoisotopic (exact) mass is 362 g/mol. The average Bonchev–Trinajstić information content (AvgIpc) is 2.91. The van der Waals surface area contributed by atoms with Gasteiger partial charge in [0, 0.05) is 17.1 Å². The first-order valence-corrected chi connectivity index (χ1v) is 9.19. The number of cyclic esters (lactones) is 1. The van der Waals surface area contributed by atoms with E-state index >= 15 is 0 Å². The summed E-state index contributed by atoms with van der Waals surface area (Å²) in [5, 5.41) is 19.3. The number of aliphatic hydroxyl groups excluding tert-OH is 1. The summed E-state index contributed by atoms with van der Waals surface area (Å²) in [6.45, 7) is 4.66. The van der Waals surface area contributed by atoms with Gasteiger partial charge in [-0.3, -0.25) is 4.79 Å². The fraction of sp³-hybridized carbons (Fsp3) is 0.650. The van der Waals surface area contributed by atoms with Crippen LogP contribution in [-0.4, -0.2) is 41.1 Å². The number of carboxylic acid groups (broad SMARTS) is 1. The summed E-state index contributed by atoms with van der Waals surface area (Å²) in [7, 11) is 0. The Kier molecular flexibility index (Phi) is 4.82. The average molecular weight is 362 g/mol. The molecule has 1 saturated heterocycles. The Hall–Kier alpha value is -1.95. The SMILES string of the molecule is C[C@@H]1CC[C@@]23COC(=O)C2=C[C@H](O)C[C@@H]3[C@@]1(C)CC/C(C=O)=C\C(=O)O. The lowest BCUT2D eigenvalue weighted by Crippen LogP contribution is -2.53. The topological polar surface area (TPSA) is 101 Å². The molecule has 3 aliphatic rings. The highest BCUT2D eigenvalue weighted by molar-refractivity contribution is 5.93. The fourth-order valence-corrected chi connectivity index (χ4v) is 5.39. The van der Waals surface area contributed by atoms with Crippen molar-refractivity contribution < 1.29 is 29.3 Å². The molecule has 142 valence electrons. The van der Waals surface area contributed by atoms with E-state index in [9.17, 15) is 19.5 Å². The molecule has 0 radical (unpaired) electrons. The lowest BCUT2D eigenvalue weighted by molar-refractivity contribution is -0.135. The predicted octanol–water partition coefficient (Wildman–Crippen LogP) is 2.26. The smallest absolute Gasteiger partial charge is 0.334 e. The Labute approximate surface area is 152 Å². The van der Waals surface area contributed by atoms with Gasteiger partial charge in [-0.2, -0.15) is 0 Å². The van der Waals surface area contributed by atoms with Gasteiger partial charge in [0.05, 0.1) is 6.10 Å². The molecule has 0 aromatic carbocycles. The molecule has 1 heterocycles. The van der Waals surface area contributed by atoms with Gasteiger partial charge >= 0.3 is 11.9 Å². The summed E-state index contributed by atoms with van der Waals surface area (Å²) < 4.78 is 5.37. The van der Waals surface area contributed by atoms with Gasteiger partial charge in [0.15, 0.2) is 0 Å². The Balaban J connectivity index is 1.93. The first kappa shape index (κ1) is 18.8. The maximum atomic E-state index is 12.2. The molecule has 26 heavy (non-hydrogen) atoms. The highest BCUT2D eigenvalue weighted by Crippen LogP contribution is 2.63. The molecular formula is C20H26O6. The quantitative estimate of drug-likeness (QED) is 0.442. The van der Waals surface area contributed by atoms with Crippen molar-refractivity contribution in [3.8, 4) is 0 Å². The molecule has 1 saturated carbocycles. The highest BCUT2D eigenvalue weighted by Gasteiger charge is 2.61. The van der Waals surface area contributed by atoms with E-state index in [0.717, 1.165) is 18.9 Å². The van der Waals surface area contributed by atoms with E-state index < -0.39 is 12.1 Å². The van der Waals surface area contributed by atoms with Gasteiger partial charge in [-0.15, -0.1) is 0 Å². The lowest BCUT2D eigenvalue weighted by Gasteiger charge is -2.57. The second kappa shape index (κ2) is 6.65. The predicted molar refractivity (Wildman–Crippen MR) is 93.1 cm³/mol. The van der Waals surface area contributed by atoms with Crippen molar-refractivity contribution in [2.75, 3.05) is 6.61 Å². The van der Waals surface area contributed by atoms with Gasteiger partial charge in [-0.05, 0) is 61.0 Å². The van der Waals surface area contributed by atoms with Crippen LogP contribution in [0, 0.1) is 22.7 Å². The van der Waals surface area contributed by atoms with E-state index in [1.807, 2.05) is 0 Å².